The van der Waals surface area contributed by atoms with Gasteiger partial charge < -0.3 is 5.32 Å². The zero-order valence-corrected chi connectivity index (χ0v) is 14.8. The van der Waals surface area contributed by atoms with E-state index in [9.17, 15) is 9.18 Å². The van der Waals surface area contributed by atoms with E-state index in [1.54, 1.807) is 30.0 Å². The van der Waals surface area contributed by atoms with Crippen molar-refractivity contribution in [2.24, 2.45) is 0 Å². The van der Waals surface area contributed by atoms with Gasteiger partial charge in [0, 0.05) is 17.9 Å². The van der Waals surface area contributed by atoms with Crippen LogP contribution in [0.1, 0.15) is 21.5 Å². The summed E-state index contributed by atoms with van der Waals surface area (Å²) in [7, 11) is 0. The predicted molar refractivity (Wildman–Crippen MR) is 100 cm³/mol. The van der Waals surface area contributed by atoms with Crippen LogP contribution in [0.3, 0.4) is 0 Å². The molecule has 4 nitrogen and oxygen atoms in total. The van der Waals surface area contributed by atoms with Crippen LogP contribution in [0.4, 0.5) is 4.39 Å². The highest BCUT2D eigenvalue weighted by Crippen LogP contribution is 2.11. The van der Waals surface area contributed by atoms with Crippen LogP contribution in [-0.2, 0) is 12.3 Å². The molecular formula is C17H18FN3OS2. The van der Waals surface area contributed by atoms with Crippen molar-refractivity contribution in [3.05, 3.63) is 71.0 Å². The quantitative estimate of drug-likeness (QED) is 0.563. The number of hydrazine groups is 1. The summed E-state index contributed by atoms with van der Waals surface area (Å²) in [5.41, 5.74) is 7.75. The number of hydrogen-bond acceptors (Lipinski definition) is 3. The fraction of sp³-hybridized carbons (Fsp3) is 0.176. The number of carbonyl (C=O) groups is 1. The van der Waals surface area contributed by atoms with Gasteiger partial charge in [0.15, 0.2) is 5.11 Å². The van der Waals surface area contributed by atoms with Crippen molar-refractivity contribution in [3.8, 4) is 0 Å². The standard InChI is InChI=1S/C17H18FN3OS2/c1-24-11-13-3-2-4-14(9-13)16(22)20-21-17(23)19-10-12-5-7-15(18)8-6-12/h2-9H,10-11H2,1H3,(H,20,22)(H2,19,21,23). The highest BCUT2D eigenvalue weighted by Gasteiger charge is 2.06. The lowest BCUT2D eigenvalue weighted by Gasteiger charge is -2.12. The van der Waals surface area contributed by atoms with E-state index in [0.717, 1.165) is 16.9 Å². The number of halogens is 1. The van der Waals surface area contributed by atoms with Crippen molar-refractivity contribution in [2.75, 3.05) is 6.26 Å². The maximum atomic E-state index is 12.8. The molecule has 0 unspecified atom stereocenters. The Labute approximate surface area is 150 Å². The third kappa shape index (κ3) is 5.82. The third-order valence-electron chi connectivity index (χ3n) is 3.16. The van der Waals surface area contributed by atoms with Crippen LogP contribution in [-0.4, -0.2) is 17.3 Å². The van der Waals surface area contributed by atoms with Crippen LogP contribution >= 0.6 is 24.0 Å². The molecule has 2 aromatic carbocycles. The van der Waals surface area contributed by atoms with E-state index in [-0.39, 0.29) is 16.8 Å². The molecule has 0 atom stereocenters. The molecule has 0 aliphatic carbocycles. The fourth-order valence-electron chi connectivity index (χ4n) is 1.98. The number of thioether (sulfide) groups is 1. The molecule has 7 heteroatoms. The van der Waals surface area contributed by atoms with Crippen LogP contribution < -0.4 is 16.2 Å². The highest BCUT2D eigenvalue weighted by molar-refractivity contribution is 7.97. The molecule has 0 fully saturated rings. The molecule has 126 valence electrons. The monoisotopic (exact) mass is 363 g/mol. The van der Waals surface area contributed by atoms with Gasteiger partial charge in [-0.25, -0.2) is 4.39 Å². The molecule has 0 bridgehead atoms. The first-order valence-corrected chi connectivity index (χ1v) is 9.05. The van der Waals surface area contributed by atoms with Gasteiger partial charge in [-0.1, -0.05) is 24.3 Å². The van der Waals surface area contributed by atoms with Crippen molar-refractivity contribution in [1.29, 1.82) is 0 Å². The summed E-state index contributed by atoms with van der Waals surface area (Å²) in [6.45, 7) is 0.436. The summed E-state index contributed by atoms with van der Waals surface area (Å²) in [5, 5.41) is 3.22. The number of amides is 1. The lowest BCUT2D eigenvalue weighted by molar-refractivity contribution is 0.0943. The topological polar surface area (TPSA) is 53.2 Å². The van der Waals surface area contributed by atoms with E-state index in [4.69, 9.17) is 12.2 Å². The average molecular weight is 363 g/mol. The molecule has 0 aromatic heterocycles. The van der Waals surface area contributed by atoms with Crippen molar-refractivity contribution < 1.29 is 9.18 Å². The number of thiocarbonyl (C=S) groups is 1. The van der Waals surface area contributed by atoms with Gasteiger partial charge in [0.1, 0.15) is 5.82 Å². The molecular weight excluding hydrogens is 345 g/mol. The number of hydrogen-bond donors (Lipinski definition) is 3. The van der Waals surface area contributed by atoms with Crippen LogP contribution in [0.2, 0.25) is 0 Å². The molecule has 3 N–H and O–H groups in total. The first-order valence-electron chi connectivity index (χ1n) is 7.25. The van der Waals surface area contributed by atoms with Gasteiger partial charge in [0.05, 0.1) is 0 Å². The first-order chi connectivity index (χ1) is 11.6. The molecule has 24 heavy (non-hydrogen) atoms. The number of nitrogens with one attached hydrogen (secondary N) is 3. The molecule has 0 spiro atoms. The van der Waals surface area contributed by atoms with Crippen molar-refractivity contribution >= 4 is 35.0 Å². The van der Waals surface area contributed by atoms with E-state index in [2.05, 4.69) is 16.2 Å². The van der Waals surface area contributed by atoms with Gasteiger partial charge in [-0.05, 0) is 53.9 Å². The Morgan fingerprint density at radius 2 is 1.88 bits per heavy atom. The van der Waals surface area contributed by atoms with Crippen LogP contribution in [0.5, 0.6) is 0 Å². The minimum Gasteiger partial charge on any atom is -0.357 e. The maximum Gasteiger partial charge on any atom is 0.269 e. The second-order valence-corrected chi connectivity index (χ2v) is 6.30. The Morgan fingerprint density at radius 1 is 1.12 bits per heavy atom. The molecule has 0 saturated carbocycles. The molecule has 0 aliphatic rings. The van der Waals surface area contributed by atoms with Gasteiger partial charge in [0.25, 0.3) is 5.91 Å². The Balaban J connectivity index is 1.79. The van der Waals surface area contributed by atoms with Gasteiger partial charge in [-0.2, -0.15) is 11.8 Å². The lowest BCUT2D eigenvalue weighted by Crippen LogP contribution is -2.46. The summed E-state index contributed by atoms with van der Waals surface area (Å²) < 4.78 is 12.8. The summed E-state index contributed by atoms with van der Waals surface area (Å²) >= 11 is 6.80. The number of benzene rings is 2. The maximum absolute atomic E-state index is 12.8. The second-order valence-electron chi connectivity index (χ2n) is 5.02. The third-order valence-corrected chi connectivity index (χ3v) is 4.02. The Bertz CT molecular complexity index is 707. The van der Waals surface area contributed by atoms with E-state index < -0.39 is 0 Å². The van der Waals surface area contributed by atoms with Crippen molar-refractivity contribution in [1.82, 2.24) is 16.2 Å². The molecule has 2 aromatic rings. The number of carbonyl (C=O) groups excluding carboxylic acids is 1. The summed E-state index contributed by atoms with van der Waals surface area (Å²) in [5.74, 6) is 0.311. The normalized spacial score (nSPS) is 10.1. The summed E-state index contributed by atoms with van der Waals surface area (Å²) in [6, 6.07) is 13.5. The van der Waals surface area contributed by atoms with Crippen LogP contribution in [0, 0.1) is 5.82 Å². The summed E-state index contributed by atoms with van der Waals surface area (Å²) in [4.78, 5) is 12.1. The fourth-order valence-corrected chi connectivity index (χ4v) is 2.62. The molecule has 0 saturated heterocycles. The molecule has 0 aliphatic heterocycles. The minimum absolute atomic E-state index is 0.260. The minimum atomic E-state index is -0.282. The molecule has 0 heterocycles. The highest BCUT2D eigenvalue weighted by atomic mass is 32.2. The van der Waals surface area contributed by atoms with Gasteiger partial charge in [-0.3, -0.25) is 15.6 Å². The zero-order chi connectivity index (χ0) is 17.4. The first kappa shape index (κ1) is 18.2. The predicted octanol–water partition coefficient (Wildman–Crippen LogP) is 3.00. The Morgan fingerprint density at radius 3 is 2.58 bits per heavy atom. The van der Waals surface area contributed by atoms with Gasteiger partial charge >= 0.3 is 0 Å². The van der Waals surface area contributed by atoms with E-state index in [0.29, 0.717) is 12.1 Å². The average Bonchev–Trinajstić information content (AvgIpc) is 2.59. The Kier molecular flexibility index (Phi) is 7.02. The Hall–Kier alpha value is -2.12. The summed E-state index contributed by atoms with van der Waals surface area (Å²) in [6.07, 6.45) is 2.01. The lowest BCUT2D eigenvalue weighted by atomic mass is 10.1. The van der Waals surface area contributed by atoms with Crippen LogP contribution in [0.15, 0.2) is 48.5 Å². The van der Waals surface area contributed by atoms with Crippen LogP contribution in [0.25, 0.3) is 0 Å². The van der Waals surface area contributed by atoms with Gasteiger partial charge in [-0.15, -0.1) is 0 Å². The van der Waals surface area contributed by atoms with E-state index >= 15 is 0 Å². The molecule has 1 amide bonds. The van der Waals surface area contributed by atoms with Crippen molar-refractivity contribution in [3.63, 3.8) is 0 Å². The van der Waals surface area contributed by atoms with Gasteiger partial charge in [0.2, 0.25) is 0 Å². The smallest absolute Gasteiger partial charge is 0.269 e. The molecule has 2 rings (SSSR count). The van der Waals surface area contributed by atoms with E-state index in [1.807, 2.05) is 24.5 Å². The van der Waals surface area contributed by atoms with E-state index in [1.165, 1.54) is 12.1 Å². The largest absolute Gasteiger partial charge is 0.357 e. The molecule has 0 radical (unpaired) electrons. The zero-order valence-electron chi connectivity index (χ0n) is 13.1. The SMILES string of the molecule is CSCc1cccc(C(=O)NNC(=S)NCc2ccc(F)cc2)c1. The second kappa shape index (κ2) is 9.24. The van der Waals surface area contributed by atoms with Crippen molar-refractivity contribution in [2.45, 2.75) is 12.3 Å². The number of rotatable bonds is 5.